The highest BCUT2D eigenvalue weighted by Gasteiger charge is 2.05. The van der Waals surface area contributed by atoms with Crippen LogP contribution in [0.1, 0.15) is 24.0 Å². The SMILES string of the molecule is NC(CCCc1ccccc1)Cc1cccc(F)c1. The summed E-state index contributed by atoms with van der Waals surface area (Å²) in [6.07, 6.45) is 3.83. The van der Waals surface area contributed by atoms with Crippen LogP contribution in [0.3, 0.4) is 0 Å². The molecule has 0 heterocycles. The van der Waals surface area contributed by atoms with Crippen molar-refractivity contribution in [1.82, 2.24) is 0 Å². The number of hydrogen-bond acceptors (Lipinski definition) is 1. The van der Waals surface area contributed by atoms with Gasteiger partial charge in [0.05, 0.1) is 0 Å². The van der Waals surface area contributed by atoms with Gasteiger partial charge in [-0.2, -0.15) is 0 Å². The number of rotatable bonds is 6. The third kappa shape index (κ3) is 4.84. The Labute approximate surface area is 114 Å². The molecule has 2 N–H and O–H groups in total. The second-order valence-electron chi connectivity index (χ2n) is 4.97. The molecule has 2 heteroatoms. The summed E-state index contributed by atoms with van der Waals surface area (Å²) in [5, 5.41) is 0. The van der Waals surface area contributed by atoms with Crippen LogP contribution in [-0.2, 0) is 12.8 Å². The van der Waals surface area contributed by atoms with Gasteiger partial charge in [0.25, 0.3) is 0 Å². The van der Waals surface area contributed by atoms with Gasteiger partial charge in [0.15, 0.2) is 0 Å². The molecule has 0 saturated carbocycles. The Bertz CT molecular complexity index is 496. The Kier molecular flexibility index (Phi) is 5.10. The van der Waals surface area contributed by atoms with Crippen molar-refractivity contribution in [3.05, 3.63) is 71.5 Å². The van der Waals surface area contributed by atoms with Crippen LogP contribution < -0.4 is 5.73 Å². The molecule has 1 nitrogen and oxygen atoms in total. The molecule has 0 fully saturated rings. The van der Waals surface area contributed by atoms with E-state index in [9.17, 15) is 4.39 Å². The van der Waals surface area contributed by atoms with E-state index in [-0.39, 0.29) is 11.9 Å². The van der Waals surface area contributed by atoms with Crippen molar-refractivity contribution in [2.45, 2.75) is 31.7 Å². The molecular weight excluding hydrogens is 237 g/mol. The maximum atomic E-state index is 13.1. The summed E-state index contributed by atoms with van der Waals surface area (Å²) >= 11 is 0. The zero-order chi connectivity index (χ0) is 13.5. The van der Waals surface area contributed by atoms with E-state index in [0.717, 1.165) is 31.2 Å². The molecule has 2 aromatic carbocycles. The lowest BCUT2D eigenvalue weighted by Crippen LogP contribution is -2.22. The molecular formula is C17H20FN. The highest BCUT2D eigenvalue weighted by Crippen LogP contribution is 2.10. The average molecular weight is 257 g/mol. The lowest BCUT2D eigenvalue weighted by molar-refractivity contribution is 0.575. The summed E-state index contributed by atoms with van der Waals surface area (Å²) in [5.74, 6) is -0.186. The summed E-state index contributed by atoms with van der Waals surface area (Å²) in [4.78, 5) is 0. The molecule has 0 aliphatic rings. The van der Waals surface area contributed by atoms with E-state index in [0.29, 0.717) is 0 Å². The molecule has 0 aliphatic carbocycles. The molecule has 0 spiro atoms. The van der Waals surface area contributed by atoms with Gasteiger partial charge < -0.3 is 5.73 Å². The van der Waals surface area contributed by atoms with Crippen LogP contribution in [0.15, 0.2) is 54.6 Å². The molecule has 0 bridgehead atoms. The lowest BCUT2D eigenvalue weighted by atomic mass is 10.00. The van der Waals surface area contributed by atoms with E-state index in [2.05, 4.69) is 24.3 Å². The fourth-order valence-corrected chi connectivity index (χ4v) is 2.28. The molecule has 1 atom stereocenters. The second kappa shape index (κ2) is 7.05. The fourth-order valence-electron chi connectivity index (χ4n) is 2.28. The highest BCUT2D eigenvalue weighted by molar-refractivity contribution is 5.17. The quantitative estimate of drug-likeness (QED) is 0.838. The van der Waals surface area contributed by atoms with Crippen LogP contribution in [-0.4, -0.2) is 6.04 Å². The maximum absolute atomic E-state index is 13.1. The van der Waals surface area contributed by atoms with Crippen LogP contribution in [0.25, 0.3) is 0 Å². The van der Waals surface area contributed by atoms with Crippen LogP contribution in [0.4, 0.5) is 4.39 Å². The number of halogens is 1. The predicted octanol–water partition coefficient (Wildman–Crippen LogP) is 3.72. The molecule has 0 aliphatic heterocycles. The van der Waals surface area contributed by atoms with Crippen molar-refractivity contribution in [3.8, 4) is 0 Å². The molecule has 0 amide bonds. The van der Waals surface area contributed by atoms with Gasteiger partial charge in [0.1, 0.15) is 5.82 Å². The predicted molar refractivity (Wildman–Crippen MR) is 77.5 cm³/mol. The van der Waals surface area contributed by atoms with E-state index in [1.165, 1.54) is 11.6 Å². The van der Waals surface area contributed by atoms with Gasteiger partial charge in [-0.3, -0.25) is 0 Å². The second-order valence-corrected chi connectivity index (χ2v) is 4.97. The van der Waals surface area contributed by atoms with E-state index < -0.39 is 0 Å². The first-order chi connectivity index (χ1) is 9.24. The lowest BCUT2D eigenvalue weighted by Gasteiger charge is -2.11. The van der Waals surface area contributed by atoms with Crippen molar-refractivity contribution in [2.24, 2.45) is 5.73 Å². The standard InChI is InChI=1S/C17H20FN/c18-16-10-4-9-15(12-16)13-17(19)11-5-8-14-6-2-1-3-7-14/h1-4,6-7,9-10,12,17H,5,8,11,13,19H2. The largest absolute Gasteiger partial charge is 0.327 e. The van der Waals surface area contributed by atoms with Crippen LogP contribution in [0.2, 0.25) is 0 Å². The smallest absolute Gasteiger partial charge is 0.123 e. The van der Waals surface area contributed by atoms with E-state index in [1.54, 1.807) is 12.1 Å². The summed E-state index contributed by atoms with van der Waals surface area (Å²) in [5.41, 5.74) is 8.42. The van der Waals surface area contributed by atoms with Crippen molar-refractivity contribution in [1.29, 1.82) is 0 Å². The Balaban J connectivity index is 1.74. The van der Waals surface area contributed by atoms with E-state index >= 15 is 0 Å². The Morgan fingerprint density at radius 2 is 1.68 bits per heavy atom. The molecule has 2 rings (SSSR count). The minimum Gasteiger partial charge on any atom is -0.327 e. The van der Waals surface area contributed by atoms with Gasteiger partial charge in [-0.25, -0.2) is 4.39 Å². The Hall–Kier alpha value is -1.67. The average Bonchev–Trinajstić information content (AvgIpc) is 2.40. The van der Waals surface area contributed by atoms with E-state index in [4.69, 9.17) is 5.73 Å². The molecule has 0 aromatic heterocycles. The normalized spacial score (nSPS) is 12.3. The van der Waals surface area contributed by atoms with Gasteiger partial charge in [0, 0.05) is 6.04 Å². The van der Waals surface area contributed by atoms with Crippen molar-refractivity contribution in [3.63, 3.8) is 0 Å². The first kappa shape index (κ1) is 13.8. The first-order valence-electron chi connectivity index (χ1n) is 6.78. The Morgan fingerprint density at radius 1 is 0.947 bits per heavy atom. The van der Waals surface area contributed by atoms with Gasteiger partial charge in [-0.15, -0.1) is 0 Å². The summed E-state index contributed by atoms with van der Waals surface area (Å²) < 4.78 is 13.1. The van der Waals surface area contributed by atoms with Gasteiger partial charge >= 0.3 is 0 Å². The van der Waals surface area contributed by atoms with Gasteiger partial charge in [0.2, 0.25) is 0 Å². The molecule has 100 valence electrons. The van der Waals surface area contributed by atoms with Crippen LogP contribution in [0, 0.1) is 5.82 Å². The summed E-state index contributed by atoms with van der Waals surface area (Å²) in [6.45, 7) is 0. The first-order valence-corrected chi connectivity index (χ1v) is 6.78. The zero-order valence-corrected chi connectivity index (χ0v) is 11.1. The molecule has 2 aromatic rings. The van der Waals surface area contributed by atoms with E-state index in [1.807, 2.05) is 12.1 Å². The third-order valence-electron chi connectivity index (χ3n) is 3.27. The van der Waals surface area contributed by atoms with Crippen molar-refractivity contribution >= 4 is 0 Å². The molecule has 19 heavy (non-hydrogen) atoms. The van der Waals surface area contributed by atoms with Gasteiger partial charge in [-0.1, -0.05) is 42.5 Å². The summed E-state index contributed by atoms with van der Waals surface area (Å²) in [7, 11) is 0. The van der Waals surface area contributed by atoms with Crippen LogP contribution >= 0.6 is 0 Å². The molecule has 1 unspecified atom stereocenters. The maximum Gasteiger partial charge on any atom is 0.123 e. The summed E-state index contributed by atoms with van der Waals surface area (Å²) in [6, 6.07) is 17.2. The van der Waals surface area contributed by atoms with Gasteiger partial charge in [-0.05, 0) is 48.9 Å². The topological polar surface area (TPSA) is 26.0 Å². The fraction of sp³-hybridized carbons (Fsp3) is 0.294. The molecule has 0 saturated heterocycles. The Morgan fingerprint density at radius 3 is 2.42 bits per heavy atom. The van der Waals surface area contributed by atoms with Crippen molar-refractivity contribution in [2.75, 3.05) is 0 Å². The minimum atomic E-state index is -0.186. The zero-order valence-electron chi connectivity index (χ0n) is 11.1. The third-order valence-corrected chi connectivity index (χ3v) is 3.27. The number of nitrogens with two attached hydrogens (primary N) is 1. The molecule has 0 radical (unpaired) electrons. The number of aryl methyl sites for hydroxylation is 1. The number of hydrogen-bond donors (Lipinski definition) is 1. The van der Waals surface area contributed by atoms with Crippen LogP contribution in [0.5, 0.6) is 0 Å². The monoisotopic (exact) mass is 257 g/mol. The minimum absolute atomic E-state index is 0.102. The highest BCUT2D eigenvalue weighted by atomic mass is 19.1. The number of benzene rings is 2. The van der Waals surface area contributed by atoms with Crippen molar-refractivity contribution < 1.29 is 4.39 Å².